The number of hydrogen-bond acceptors (Lipinski definition) is 2. The van der Waals surface area contributed by atoms with E-state index in [9.17, 15) is 14.0 Å². The second-order valence-corrected chi connectivity index (χ2v) is 3.83. The summed E-state index contributed by atoms with van der Waals surface area (Å²) in [5.74, 6) is -2.06. The molecule has 1 aromatic heterocycles. The zero-order valence-corrected chi connectivity index (χ0v) is 9.55. The van der Waals surface area contributed by atoms with Gasteiger partial charge in [0, 0.05) is 18.8 Å². The first-order chi connectivity index (χ1) is 8.50. The van der Waals surface area contributed by atoms with E-state index >= 15 is 0 Å². The predicted molar refractivity (Wildman–Crippen MR) is 62.2 cm³/mol. The van der Waals surface area contributed by atoms with E-state index in [0.717, 1.165) is 12.1 Å². The highest BCUT2D eigenvalue weighted by molar-refractivity contribution is 6.13. The van der Waals surface area contributed by atoms with Crippen molar-refractivity contribution in [3.63, 3.8) is 0 Å². The topological polar surface area (TPSA) is 59.3 Å². The minimum Gasteiger partial charge on any atom is -0.477 e. The molecule has 1 N–H and O–H groups in total. The Morgan fingerprint density at radius 2 is 1.78 bits per heavy atom. The van der Waals surface area contributed by atoms with Crippen molar-refractivity contribution >= 4 is 11.8 Å². The molecule has 2 aromatic rings. The molecule has 0 amide bonds. The number of carbonyl (C=O) groups excluding carboxylic acids is 1. The molecule has 0 spiro atoms. The Balaban J connectivity index is 2.46. The van der Waals surface area contributed by atoms with Crippen molar-refractivity contribution in [1.82, 2.24) is 4.57 Å². The van der Waals surface area contributed by atoms with Crippen LogP contribution in [0.5, 0.6) is 0 Å². The third-order valence-electron chi connectivity index (χ3n) is 2.63. The normalized spacial score (nSPS) is 10.3. The monoisotopic (exact) mass is 247 g/mol. The summed E-state index contributed by atoms with van der Waals surface area (Å²) in [5.41, 5.74) is 0.269. The molecule has 0 aliphatic heterocycles. The van der Waals surface area contributed by atoms with Crippen molar-refractivity contribution in [2.75, 3.05) is 0 Å². The van der Waals surface area contributed by atoms with E-state index in [2.05, 4.69) is 0 Å². The van der Waals surface area contributed by atoms with Gasteiger partial charge in [-0.3, -0.25) is 4.79 Å². The van der Waals surface area contributed by atoms with Gasteiger partial charge in [0.1, 0.15) is 11.5 Å². The van der Waals surface area contributed by atoms with Crippen molar-refractivity contribution in [3.8, 4) is 0 Å². The van der Waals surface area contributed by atoms with Crippen LogP contribution in [0.2, 0.25) is 0 Å². The Morgan fingerprint density at radius 1 is 1.17 bits per heavy atom. The minimum absolute atomic E-state index is 0.0793. The molecule has 0 saturated heterocycles. The zero-order chi connectivity index (χ0) is 13.3. The van der Waals surface area contributed by atoms with Crippen molar-refractivity contribution < 1.29 is 19.1 Å². The molecule has 0 radical (unpaired) electrons. The summed E-state index contributed by atoms with van der Waals surface area (Å²) in [4.78, 5) is 23.2. The average molecular weight is 247 g/mol. The smallest absolute Gasteiger partial charge is 0.353 e. The van der Waals surface area contributed by atoms with E-state index in [-0.39, 0.29) is 16.8 Å². The standard InChI is InChI=1S/C13H10FNO3/c1-15-7-6-10(11(15)13(17)18)12(16)8-2-4-9(14)5-3-8/h2-7H,1H3,(H,17,18). The number of carboxylic acids is 1. The van der Waals surface area contributed by atoms with Crippen LogP contribution in [0.25, 0.3) is 0 Å². The van der Waals surface area contributed by atoms with Gasteiger partial charge < -0.3 is 9.67 Å². The van der Waals surface area contributed by atoms with Crippen LogP contribution in [-0.2, 0) is 7.05 Å². The Kier molecular flexibility index (Phi) is 2.97. The molecule has 0 atom stereocenters. The molecule has 0 aliphatic carbocycles. The third-order valence-corrected chi connectivity index (χ3v) is 2.63. The molecule has 18 heavy (non-hydrogen) atoms. The summed E-state index contributed by atoms with van der Waals surface area (Å²) in [6.45, 7) is 0. The van der Waals surface area contributed by atoms with Gasteiger partial charge in [-0.15, -0.1) is 0 Å². The zero-order valence-electron chi connectivity index (χ0n) is 9.55. The van der Waals surface area contributed by atoms with Gasteiger partial charge in [-0.25, -0.2) is 9.18 Å². The lowest BCUT2D eigenvalue weighted by atomic mass is 10.0. The van der Waals surface area contributed by atoms with Crippen molar-refractivity contribution in [2.24, 2.45) is 7.05 Å². The van der Waals surface area contributed by atoms with Crippen LogP contribution in [0.15, 0.2) is 36.5 Å². The van der Waals surface area contributed by atoms with Gasteiger partial charge in [0.25, 0.3) is 0 Å². The molecule has 4 nitrogen and oxygen atoms in total. The van der Waals surface area contributed by atoms with Crippen LogP contribution in [0.3, 0.4) is 0 Å². The van der Waals surface area contributed by atoms with Crippen LogP contribution in [-0.4, -0.2) is 21.4 Å². The highest BCUT2D eigenvalue weighted by atomic mass is 19.1. The Morgan fingerprint density at radius 3 is 2.33 bits per heavy atom. The van der Waals surface area contributed by atoms with E-state index in [1.165, 1.54) is 29.0 Å². The van der Waals surface area contributed by atoms with Crippen LogP contribution >= 0.6 is 0 Å². The lowest BCUT2D eigenvalue weighted by Gasteiger charge is -2.02. The van der Waals surface area contributed by atoms with Gasteiger partial charge in [0.15, 0.2) is 5.78 Å². The number of hydrogen-bond donors (Lipinski definition) is 1. The van der Waals surface area contributed by atoms with Gasteiger partial charge in [0.2, 0.25) is 0 Å². The second-order valence-electron chi connectivity index (χ2n) is 3.83. The summed E-state index contributed by atoms with van der Waals surface area (Å²) in [5, 5.41) is 9.04. The molecule has 92 valence electrons. The highest BCUT2D eigenvalue weighted by Gasteiger charge is 2.21. The molecule has 5 heteroatoms. The van der Waals surface area contributed by atoms with Gasteiger partial charge >= 0.3 is 5.97 Å². The summed E-state index contributed by atoms with van der Waals surface area (Å²) in [7, 11) is 1.55. The number of benzene rings is 1. The lowest BCUT2D eigenvalue weighted by Crippen LogP contribution is -2.11. The highest BCUT2D eigenvalue weighted by Crippen LogP contribution is 2.16. The summed E-state index contributed by atoms with van der Waals surface area (Å²) < 4.78 is 14.1. The second kappa shape index (κ2) is 4.44. The fourth-order valence-electron chi connectivity index (χ4n) is 1.74. The molecule has 0 unspecified atom stereocenters. The molecule has 1 heterocycles. The summed E-state index contributed by atoms with van der Waals surface area (Å²) >= 11 is 0. The van der Waals surface area contributed by atoms with Crippen LogP contribution in [0, 0.1) is 5.82 Å². The van der Waals surface area contributed by atoms with Gasteiger partial charge in [-0.05, 0) is 30.3 Å². The largest absolute Gasteiger partial charge is 0.477 e. The lowest BCUT2D eigenvalue weighted by molar-refractivity contribution is 0.0682. The molecular weight excluding hydrogens is 237 g/mol. The van der Waals surface area contributed by atoms with E-state index in [4.69, 9.17) is 5.11 Å². The number of carbonyl (C=O) groups is 2. The fraction of sp³-hybridized carbons (Fsp3) is 0.0769. The van der Waals surface area contributed by atoms with Crippen LogP contribution in [0.1, 0.15) is 26.4 Å². The maximum atomic E-state index is 12.8. The van der Waals surface area contributed by atoms with Crippen LogP contribution in [0.4, 0.5) is 4.39 Å². The Labute approximate surface area is 102 Å². The number of nitrogens with zero attached hydrogens (tertiary/aromatic N) is 1. The molecule has 2 rings (SSSR count). The number of rotatable bonds is 3. The first kappa shape index (κ1) is 12.0. The summed E-state index contributed by atoms with van der Waals surface area (Å²) in [6.07, 6.45) is 1.50. The SMILES string of the molecule is Cn1ccc(C(=O)c2ccc(F)cc2)c1C(=O)O. The number of halogens is 1. The number of ketones is 1. The Bertz CT molecular complexity index is 614. The average Bonchev–Trinajstić information content (AvgIpc) is 2.71. The first-order valence-electron chi connectivity index (χ1n) is 5.19. The molecule has 0 bridgehead atoms. The Hall–Kier alpha value is -2.43. The quantitative estimate of drug-likeness (QED) is 0.845. The fourth-order valence-corrected chi connectivity index (χ4v) is 1.74. The number of aromatic nitrogens is 1. The number of aromatic carboxylic acids is 1. The molecule has 0 saturated carbocycles. The first-order valence-corrected chi connectivity index (χ1v) is 5.19. The van der Waals surface area contributed by atoms with E-state index in [1.54, 1.807) is 7.05 Å². The molecular formula is C13H10FNO3. The number of carboxylic acid groups (broad SMARTS) is 1. The van der Waals surface area contributed by atoms with Gasteiger partial charge in [-0.1, -0.05) is 0 Å². The summed E-state index contributed by atoms with van der Waals surface area (Å²) in [6, 6.07) is 6.43. The van der Waals surface area contributed by atoms with Crippen molar-refractivity contribution in [1.29, 1.82) is 0 Å². The van der Waals surface area contributed by atoms with Gasteiger partial charge in [0.05, 0.1) is 5.56 Å². The third kappa shape index (κ3) is 2.02. The molecule has 0 aliphatic rings. The number of aryl methyl sites for hydroxylation is 1. The maximum Gasteiger partial charge on any atom is 0.353 e. The molecule has 0 fully saturated rings. The van der Waals surface area contributed by atoms with E-state index in [1.807, 2.05) is 0 Å². The minimum atomic E-state index is -1.17. The molecule has 1 aromatic carbocycles. The maximum absolute atomic E-state index is 12.8. The van der Waals surface area contributed by atoms with E-state index in [0.29, 0.717) is 0 Å². The van der Waals surface area contributed by atoms with Crippen molar-refractivity contribution in [3.05, 3.63) is 59.2 Å². The predicted octanol–water partition coefficient (Wildman–Crippen LogP) is 2.09. The van der Waals surface area contributed by atoms with Gasteiger partial charge in [-0.2, -0.15) is 0 Å². The van der Waals surface area contributed by atoms with Crippen molar-refractivity contribution in [2.45, 2.75) is 0 Å². The van der Waals surface area contributed by atoms with Crippen LogP contribution < -0.4 is 0 Å². The van der Waals surface area contributed by atoms with E-state index < -0.39 is 17.6 Å².